The van der Waals surface area contributed by atoms with Gasteiger partial charge in [-0.25, -0.2) is 13.4 Å². The summed E-state index contributed by atoms with van der Waals surface area (Å²) in [4.78, 5) is 7.43. The fraction of sp³-hybridized carbons (Fsp3) is 0.750. The number of aromatic nitrogens is 1. The van der Waals surface area contributed by atoms with Gasteiger partial charge in [0.2, 0.25) is 0 Å². The Labute approximate surface area is 134 Å². The van der Waals surface area contributed by atoms with Crippen molar-refractivity contribution in [2.24, 2.45) is 0 Å². The highest BCUT2D eigenvalue weighted by Crippen LogP contribution is 2.30. The minimum atomic E-state index is -3.10. The van der Waals surface area contributed by atoms with Gasteiger partial charge in [0.05, 0.1) is 6.61 Å². The predicted molar refractivity (Wildman–Crippen MR) is 89.0 cm³/mol. The van der Waals surface area contributed by atoms with E-state index in [-0.39, 0.29) is 0 Å². The molecule has 1 N–H and O–H groups in total. The largest absolute Gasteiger partial charge is 0.383 e. The van der Waals surface area contributed by atoms with E-state index >= 15 is 0 Å². The van der Waals surface area contributed by atoms with Gasteiger partial charge < -0.3 is 15.0 Å². The summed E-state index contributed by atoms with van der Waals surface area (Å²) >= 11 is 3.24. The maximum Gasteiger partial charge on any atom is 0.186 e. The highest BCUT2D eigenvalue weighted by atomic mass is 32.2. The Morgan fingerprint density at radius 3 is 3.10 bits per heavy atom. The van der Waals surface area contributed by atoms with E-state index in [4.69, 9.17) is 4.74 Å². The second-order valence-electron chi connectivity index (χ2n) is 4.83. The van der Waals surface area contributed by atoms with Crippen molar-refractivity contribution in [1.29, 1.82) is 0 Å². The van der Waals surface area contributed by atoms with Gasteiger partial charge in [0.1, 0.15) is 5.37 Å². The van der Waals surface area contributed by atoms with Crippen LogP contribution in [-0.4, -0.2) is 63.3 Å². The molecule has 2 rings (SSSR count). The molecule has 6 nitrogen and oxygen atoms in total. The van der Waals surface area contributed by atoms with Gasteiger partial charge in [0, 0.05) is 55.6 Å². The molecule has 21 heavy (non-hydrogen) atoms. The van der Waals surface area contributed by atoms with Crippen LogP contribution in [0.1, 0.15) is 4.88 Å². The molecule has 1 aliphatic heterocycles. The van der Waals surface area contributed by atoms with Crippen molar-refractivity contribution in [2.75, 3.05) is 49.5 Å². The number of nitrogens with one attached hydrogen (secondary N) is 1. The summed E-state index contributed by atoms with van der Waals surface area (Å²) in [6.07, 6.45) is 3.12. The van der Waals surface area contributed by atoms with Crippen LogP contribution in [0.4, 0.5) is 5.13 Å². The molecule has 1 atom stereocenters. The van der Waals surface area contributed by atoms with E-state index < -0.39 is 15.2 Å². The lowest BCUT2D eigenvalue weighted by molar-refractivity contribution is 0.199. The second-order valence-corrected chi connectivity index (χ2v) is 9.28. The summed E-state index contributed by atoms with van der Waals surface area (Å²) in [5.41, 5.74) is 0. The summed E-state index contributed by atoms with van der Waals surface area (Å²) in [7, 11) is -1.43. The van der Waals surface area contributed by atoms with Gasteiger partial charge in [-0.05, 0) is 0 Å². The van der Waals surface area contributed by atoms with E-state index in [0.717, 1.165) is 35.4 Å². The lowest BCUT2D eigenvalue weighted by atomic mass is 10.5. The van der Waals surface area contributed by atoms with Crippen LogP contribution in [0.2, 0.25) is 0 Å². The van der Waals surface area contributed by atoms with Gasteiger partial charge >= 0.3 is 0 Å². The van der Waals surface area contributed by atoms with Gasteiger partial charge in [0.15, 0.2) is 15.0 Å². The molecule has 1 saturated heterocycles. The summed E-state index contributed by atoms with van der Waals surface area (Å²) in [5.74, 6) is 1.55. The number of anilines is 1. The molecule has 0 amide bonds. The molecule has 9 heteroatoms. The molecular formula is C12H21N3O3S3. The van der Waals surface area contributed by atoms with Crippen molar-refractivity contribution in [1.82, 2.24) is 10.3 Å². The van der Waals surface area contributed by atoms with Gasteiger partial charge in [-0.15, -0.1) is 11.3 Å². The molecule has 1 unspecified atom stereocenters. The number of methoxy groups -OCH3 is 1. The van der Waals surface area contributed by atoms with E-state index in [1.165, 1.54) is 6.26 Å². The lowest BCUT2D eigenvalue weighted by Crippen LogP contribution is -2.47. The topological polar surface area (TPSA) is 71.5 Å². The normalized spacial score (nSPS) is 19.9. The molecule has 120 valence electrons. The molecule has 1 aromatic heterocycles. The second kappa shape index (κ2) is 7.77. The van der Waals surface area contributed by atoms with Crippen LogP contribution in [0.5, 0.6) is 0 Å². The first-order chi connectivity index (χ1) is 10.0. The minimum absolute atomic E-state index is 0.461. The smallest absolute Gasteiger partial charge is 0.186 e. The predicted octanol–water partition coefficient (Wildman–Crippen LogP) is 0.803. The third-order valence-corrected chi connectivity index (χ3v) is 6.83. The van der Waals surface area contributed by atoms with Crippen LogP contribution >= 0.6 is 23.1 Å². The van der Waals surface area contributed by atoms with Crippen molar-refractivity contribution >= 4 is 38.1 Å². The first-order valence-electron chi connectivity index (χ1n) is 6.70. The Balaban J connectivity index is 2.01. The highest BCUT2D eigenvalue weighted by Gasteiger charge is 2.32. The molecule has 0 bridgehead atoms. The average Bonchev–Trinajstić information content (AvgIpc) is 2.91. The zero-order chi connectivity index (χ0) is 15.3. The van der Waals surface area contributed by atoms with E-state index in [0.29, 0.717) is 12.4 Å². The van der Waals surface area contributed by atoms with Crippen molar-refractivity contribution in [2.45, 2.75) is 11.9 Å². The van der Waals surface area contributed by atoms with E-state index in [2.05, 4.69) is 10.3 Å². The molecule has 1 aliphatic rings. The van der Waals surface area contributed by atoms with Crippen LogP contribution in [0.15, 0.2) is 6.20 Å². The SMILES string of the molecule is COCCNCc1cnc(N2CCSCC2S(C)(=O)=O)s1. The van der Waals surface area contributed by atoms with Crippen LogP contribution in [-0.2, 0) is 21.1 Å². The zero-order valence-electron chi connectivity index (χ0n) is 12.2. The number of hydrogen-bond acceptors (Lipinski definition) is 8. The maximum absolute atomic E-state index is 11.9. The van der Waals surface area contributed by atoms with Crippen LogP contribution in [0.3, 0.4) is 0 Å². The number of thioether (sulfide) groups is 1. The van der Waals surface area contributed by atoms with Crippen LogP contribution in [0.25, 0.3) is 0 Å². The Kier molecular flexibility index (Phi) is 6.30. The highest BCUT2D eigenvalue weighted by molar-refractivity contribution is 8.01. The first kappa shape index (κ1) is 17.0. The minimum Gasteiger partial charge on any atom is -0.383 e. The lowest BCUT2D eigenvalue weighted by Gasteiger charge is -2.33. The molecule has 0 radical (unpaired) electrons. The first-order valence-corrected chi connectivity index (χ1v) is 10.6. The van der Waals surface area contributed by atoms with Crippen molar-refractivity contribution in [3.63, 3.8) is 0 Å². The molecule has 0 spiro atoms. The molecule has 0 saturated carbocycles. The van der Waals surface area contributed by atoms with E-state index in [1.54, 1.807) is 30.2 Å². The van der Waals surface area contributed by atoms with Gasteiger partial charge in [-0.3, -0.25) is 0 Å². The Bertz CT molecular complexity index is 547. The third kappa shape index (κ3) is 4.82. The summed E-state index contributed by atoms with van der Waals surface area (Å²) < 4.78 is 28.8. The molecule has 0 aromatic carbocycles. The average molecular weight is 352 g/mol. The quantitative estimate of drug-likeness (QED) is 0.729. The molecule has 1 fully saturated rings. The molecule has 2 heterocycles. The van der Waals surface area contributed by atoms with E-state index in [1.807, 2.05) is 11.1 Å². The number of ether oxygens (including phenoxy) is 1. The molecule has 0 aliphatic carbocycles. The summed E-state index contributed by atoms with van der Waals surface area (Å²) in [5, 5.41) is 3.60. The van der Waals surface area contributed by atoms with Gasteiger partial charge in [0.25, 0.3) is 0 Å². The molecule has 1 aromatic rings. The maximum atomic E-state index is 11.9. The summed E-state index contributed by atoms with van der Waals surface area (Å²) in [6.45, 7) is 2.92. The van der Waals surface area contributed by atoms with Gasteiger partial charge in [-0.2, -0.15) is 11.8 Å². The van der Waals surface area contributed by atoms with Crippen molar-refractivity contribution < 1.29 is 13.2 Å². The van der Waals surface area contributed by atoms with Crippen LogP contribution in [0, 0.1) is 0 Å². The van der Waals surface area contributed by atoms with Crippen molar-refractivity contribution in [3.8, 4) is 0 Å². The molecular weight excluding hydrogens is 330 g/mol. The fourth-order valence-corrected chi connectivity index (χ4v) is 5.89. The monoisotopic (exact) mass is 351 g/mol. The number of nitrogens with zero attached hydrogens (tertiary/aromatic N) is 2. The third-order valence-electron chi connectivity index (χ3n) is 3.15. The number of rotatable bonds is 7. The standard InChI is InChI=1S/C12H21N3O3S3/c1-18-5-3-13-7-10-8-14-12(20-10)15-4-6-19-9-11(15)21(2,16)17/h8,11,13H,3-7,9H2,1-2H3. The Morgan fingerprint density at radius 2 is 2.38 bits per heavy atom. The zero-order valence-corrected chi connectivity index (χ0v) is 14.7. The fourth-order valence-electron chi connectivity index (χ4n) is 2.05. The Morgan fingerprint density at radius 1 is 1.57 bits per heavy atom. The summed E-state index contributed by atoms with van der Waals surface area (Å²) in [6, 6.07) is 0. The van der Waals surface area contributed by atoms with Crippen molar-refractivity contribution in [3.05, 3.63) is 11.1 Å². The van der Waals surface area contributed by atoms with E-state index in [9.17, 15) is 8.42 Å². The van der Waals surface area contributed by atoms with Gasteiger partial charge in [-0.1, -0.05) is 0 Å². The number of hydrogen-bond donors (Lipinski definition) is 1. The number of thiazole rings is 1. The number of sulfone groups is 1. The Hall–Kier alpha value is -0.350. The van der Waals surface area contributed by atoms with Crippen LogP contribution < -0.4 is 10.2 Å².